The molecule has 280 valence electrons. The number of rotatable bonds is 8. The topological polar surface area (TPSA) is 86.7 Å². The van der Waals surface area contributed by atoms with E-state index in [0.29, 0.717) is 59.7 Å². The second-order valence-corrected chi connectivity index (χ2v) is 21.4. The number of carboxylic acid groups (broad SMARTS) is 1. The number of carbonyl (C=O) groups is 1. The molecule has 9 unspecified atom stereocenters. The molecule has 0 aromatic heterocycles. The molecule has 6 nitrogen and oxygen atoms in total. The van der Waals surface area contributed by atoms with Gasteiger partial charge in [0.25, 0.3) is 0 Å². The summed E-state index contributed by atoms with van der Waals surface area (Å²) in [6, 6.07) is 7.21. The first kappa shape index (κ1) is 37.1. The van der Waals surface area contributed by atoms with Gasteiger partial charge in [0.2, 0.25) is 0 Å². The second kappa shape index (κ2) is 13.0. The number of hydrogen-bond donors (Lipinski definition) is 2. The summed E-state index contributed by atoms with van der Waals surface area (Å²) in [5, 5.41) is 13.5. The standard InChI is InChI=1S/C44H64N2O4S/c1-30(2)34-17-21-44(45-24-25-46-26-28-51(49,50)29-27-46)23-22-42(6)35(38(34)44)14-15-37-41(5)19-16-33(40(3,4)36(41)18-20-43(37,42)7)13-10-31-8-11-32(12-9-31)39(47)48/h8-13,16,34-38,45H,1,14-15,17-29H2,2-7H3,(H,47,48). The zero-order valence-corrected chi connectivity index (χ0v) is 33.1. The van der Waals surface area contributed by atoms with E-state index in [9.17, 15) is 18.3 Å². The molecule has 1 saturated heterocycles. The maximum absolute atomic E-state index is 12.0. The molecule has 5 aliphatic carbocycles. The van der Waals surface area contributed by atoms with Crippen LogP contribution in [0.5, 0.6) is 0 Å². The smallest absolute Gasteiger partial charge is 0.335 e. The predicted molar refractivity (Wildman–Crippen MR) is 208 cm³/mol. The highest BCUT2D eigenvalue weighted by atomic mass is 32.2. The molecule has 2 N–H and O–H groups in total. The lowest BCUT2D eigenvalue weighted by Gasteiger charge is -2.72. The first-order chi connectivity index (χ1) is 24.0. The number of allylic oxidation sites excluding steroid dienone is 4. The van der Waals surface area contributed by atoms with Crippen molar-refractivity contribution in [2.24, 2.45) is 51.2 Å². The Morgan fingerprint density at radius 3 is 2.29 bits per heavy atom. The third-order valence-corrected chi connectivity index (χ3v) is 18.3. The van der Waals surface area contributed by atoms with Crippen molar-refractivity contribution in [2.75, 3.05) is 37.7 Å². The number of fused-ring (bicyclic) bond motifs is 7. The van der Waals surface area contributed by atoms with Crippen molar-refractivity contribution in [2.45, 2.75) is 105 Å². The molecule has 4 saturated carbocycles. The Morgan fingerprint density at radius 1 is 0.922 bits per heavy atom. The van der Waals surface area contributed by atoms with E-state index in [-0.39, 0.29) is 27.2 Å². The van der Waals surface area contributed by atoms with Crippen molar-refractivity contribution in [3.63, 3.8) is 0 Å². The summed E-state index contributed by atoms with van der Waals surface area (Å²) in [7, 11) is -2.86. The molecule has 1 aliphatic heterocycles. The van der Waals surface area contributed by atoms with E-state index in [1.54, 1.807) is 12.1 Å². The fourth-order valence-corrected chi connectivity index (χ4v) is 15.0. The lowest BCUT2D eigenvalue weighted by atomic mass is 9.33. The molecule has 0 spiro atoms. The van der Waals surface area contributed by atoms with Crippen molar-refractivity contribution in [1.29, 1.82) is 0 Å². The average molecular weight is 717 g/mol. The van der Waals surface area contributed by atoms with Gasteiger partial charge in [-0.15, -0.1) is 0 Å². The number of nitrogens with zero attached hydrogens (tertiary/aromatic N) is 1. The van der Waals surface area contributed by atoms with Gasteiger partial charge in [-0.1, -0.05) is 77.1 Å². The molecule has 7 rings (SSSR count). The lowest BCUT2D eigenvalue weighted by molar-refractivity contribution is -0.221. The van der Waals surface area contributed by atoms with Gasteiger partial charge < -0.3 is 15.3 Å². The SMILES string of the molecule is C=C(C)C1CCC2(NCCN3CCS(=O)(=O)CC3)CCC3(C)C(CCC4C5(C)CC=C(C=Cc6ccc(C(=O)O)cc6)C(C)(C)C5CCC43C)C12. The van der Waals surface area contributed by atoms with Gasteiger partial charge in [0, 0.05) is 31.7 Å². The highest BCUT2D eigenvalue weighted by Gasteiger charge is 2.70. The molecule has 51 heavy (non-hydrogen) atoms. The molecule has 1 aromatic rings. The average Bonchev–Trinajstić information content (AvgIpc) is 3.45. The fraction of sp³-hybridized carbons (Fsp3) is 0.705. The van der Waals surface area contributed by atoms with Crippen LogP contribution >= 0.6 is 0 Å². The van der Waals surface area contributed by atoms with Crippen LogP contribution < -0.4 is 5.32 Å². The van der Waals surface area contributed by atoms with Gasteiger partial charge in [-0.3, -0.25) is 0 Å². The van der Waals surface area contributed by atoms with Gasteiger partial charge in [-0.05, 0) is 139 Å². The van der Waals surface area contributed by atoms with E-state index in [2.05, 4.69) is 76.6 Å². The Balaban J connectivity index is 1.12. The van der Waals surface area contributed by atoms with Crippen LogP contribution in [-0.2, 0) is 9.84 Å². The molecule has 0 bridgehead atoms. The Bertz CT molecular complexity index is 1700. The van der Waals surface area contributed by atoms with Gasteiger partial charge in [-0.25, -0.2) is 13.2 Å². The van der Waals surface area contributed by atoms with Crippen LogP contribution in [0.4, 0.5) is 0 Å². The maximum Gasteiger partial charge on any atom is 0.335 e. The van der Waals surface area contributed by atoms with E-state index in [0.717, 1.165) is 25.1 Å². The quantitative estimate of drug-likeness (QED) is 0.262. The van der Waals surface area contributed by atoms with E-state index < -0.39 is 15.8 Å². The van der Waals surface area contributed by atoms with Crippen LogP contribution in [-0.4, -0.2) is 67.6 Å². The van der Waals surface area contributed by atoms with Crippen molar-refractivity contribution in [1.82, 2.24) is 10.2 Å². The molecular weight excluding hydrogens is 653 g/mol. The number of nitrogens with one attached hydrogen (secondary N) is 1. The number of aromatic carboxylic acids is 1. The number of benzene rings is 1. The fourth-order valence-electron chi connectivity index (χ4n) is 13.7. The normalized spacial score (nSPS) is 41.5. The van der Waals surface area contributed by atoms with Gasteiger partial charge in [0.05, 0.1) is 17.1 Å². The second-order valence-electron chi connectivity index (χ2n) is 19.1. The van der Waals surface area contributed by atoms with Crippen LogP contribution in [0.15, 0.2) is 54.1 Å². The first-order valence-corrected chi connectivity index (χ1v) is 21.8. The maximum atomic E-state index is 12.0. The summed E-state index contributed by atoms with van der Waals surface area (Å²) in [4.78, 5) is 13.7. The van der Waals surface area contributed by atoms with Gasteiger partial charge in [-0.2, -0.15) is 0 Å². The molecule has 0 amide bonds. The van der Waals surface area contributed by atoms with Crippen molar-refractivity contribution in [3.05, 3.63) is 65.3 Å². The largest absolute Gasteiger partial charge is 0.478 e. The van der Waals surface area contributed by atoms with Gasteiger partial charge >= 0.3 is 5.97 Å². The minimum Gasteiger partial charge on any atom is -0.478 e. The van der Waals surface area contributed by atoms with Gasteiger partial charge in [0.1, 0.15) is 0 Å². The Kier molecular flexibility index (Phi) is 9.44. The molecule has 7 heteroatoms. The number of hydrogen-bond acceptors (Lipinski definition) is 5. The Morgan fingerprint density at radius 2 is 1.63 bits per heavy atom. The van der Waals surface area contributed by atoms with Crippen LogP contribution in [0, 0.1) is 51.2 Å². The van der Waals surface area contributed by atoms with Crippen LogP contribution in [0.25, 0.3) is 6.08 Å². The van der Waals surface area contributed by atoms with Crippen molar-refractivity contribution < 1.29 is 18.3 Å². The Labute approximate surface area is 308 Å². The summed E-state index contributed by atoms with van der Waals surface area (Å²) in [6.07, 6.45) is 18.3. The summed E-state index contributed by atoms with van der Waals surface area (Å²) < 4.78 is 24.1. The summed E-state index contributed by atoms with van der Waals surface area (Å²) in [6.45, 7) is 23.1. The zero-order valence-electron chi connectivity index (χ0n) is 32.3. The summed E-state index contributed by atoms with van der Waals surface area (Å²) >= 11 is 0. The molecule has 1 aromatic carbocycles. The molecule has 6 aliphatic rings. The van der Waals surface area contributed by atoms with Crippen molar-refractivity contribution >= 4 is 21.9 Å². The highest BCUT2D eigenvalue weighted by Crippen LogP contribution is 2.76. The van der Waals surface area contributed by atoms with Crippen LogP contribution in [0.1, 0.15) is 115 Å². The highest BCUT2D eigenvalue weighted by molar-refractivity contribution is 7.91. The third kappa shape index (κ3) is 6.04. The molecule has 1 heterocycles. The monoisotopic (exact) mass is 716 g/mol. The van der Waals surface area contributed by atoms with Gasteiger partial charge in [0.15, 0.2) is 9.84 Å². The number of sulfone groups is 1. The molecule has 5 fully saturated rings. The molecule has 9 atom stereocenters. The van der Waals surface area contributed by atoms with Crippen LogP contribution in [0.3, 0.4) is 0 Å². The minimum absolute atomic E-state index is 0.0598. The van der Waals surface area contributed by atoms with E-state index in [4.69, 9.17) is 0 Å². The molecule has 0 radical (unpaired) electrons. The summed E-state index contributed by atoms with van der Waals surface area (Å²) in [5.74, 6) is 2.89. The first-order valence-electron chi connectivity index (χ1n) is 20.0. The third-order valence-electron chi connectivity index (χ3n) is 16.7. The predicted octanol–water partition coefficient (Wildman–Crippen LogP) is 8.66. The minimum atomic E-state index is -2.86. The van der Waals surface area contributed by atoms with E-state index in [1.165, 1.54) is 62.5 Å². The Hall–Kier alpha value is -2.22. The van der Waals surface area contributed by atoms with Crippen molar-refractivity contribution in [3.8, 4) is 0 Å². The molecular formula is C44H64N2O4S. The lowest BCUT2D eigenvalue weighted by Crippen LogP contribution is -2.68. The van der Waals surface area contributed by atoms with Crippen LogP contribution in [0.2, 0.25) is 0 Å². The van der Waals surface area contributed by atoms with E-state index >= 15 is 0 Å². The zero-order chi connectivity index (χ0) is 36.6. The summed E-state index contributed by atoms with van der Waals surface area (Å²) in [5.41, 5.74) is 5.20. The van der Waals surface area contributed by atoms with E-state index in [1.807, 2.05) is 12.1 Å². The number of carboxylic acids is 1.